The molecule has 0 radical (unpaired) electrons. The maximum Gasteiger partial charge on any atom is 0.243 e. The third-order valence-electron chi connectivity index (χ3n) is 4.98. The molecule has 5 nitrogen and oxygen atoms in total. The van der Waals surface area contributed by atoms with Crippen LogP contribution in [0, 0.1) is 44.9 Å². The summed E-state index contributed by atoms with van der Waals surface area (Å²) >= 11 is 0. The van der Waals surface area contributed by atoms with E-state index in [0.29, 0.717) is 37.6 Å². The minimum absolute atomic E-state index is 0.0305. The average Bonchev–Trinajstić information content (AvgIpc) is 2.53. The summed E-state index contributed by atoms with van der Waals surface area (Å²) < 4.78 is 27.9. The van der Waals surface area contributed by atoms with Crippen molar-refractivity contribution >= 4 is 10.0 Å². The lowest BCUT2D eigenvalue weighted by molar-refractivity contribution is 0.178. The number of hydrogen-bond donors (Lipinski definition) is 0. The molecule has 1 aliphatic heterocycles. The monoisotopic (exact) mass is 349 g/mol. The van der Waals surface area contributed by atoms with Gasteiger partial charge in [0, 0.05) is 32.7 Å². The number of aryl methyl sites for hydroxylation is 2. The van der Waals surface area contributed by atoms with Crippen molar-refractivity contribution in [2.45, 2.75) is 39.5 Å². The number of nitrogens with zero attached hydrogens (tertiary/aromatic N) is 3. The van der Waals surface area contributed by atoms with Crippen LogP contribution in [0.15, 0.2) is 11.0 Å². The number of rotatable bonds is 4. The summed E-state index contributed by atoms with van der Waals surface area (Å²) in [4.78, 5) is 2.64. The summed E-state index contributed by atoms with van der Waals surface area (Å²) in [6.07, 6.45) is 0. The zero-order chi connectivity index (χ0) is 18.1. The molecular weight excluding hydrogens is 322 g/mol. The molecular formula is C18H27N3O2S. The van der Waals surface area contributed by atoms with E-state index < -0.39 is 10.0 Å². The standard InChI is InChI=1S/C18H27N3O2S/c1-13(11-19)12-20-6-8-21(9-7-20)24(22,23)18-16(4)14(2)10-15(3)17(18)5/h10,13H,6-9,12H2,1-5H3/t13-/m0/s1. The first-order valence-corrected chi connectivity index (χ1v) is 9.82. The van der Waals surface area contributed by atoms with E-state index in [1.807, 2.05) is 40.7 Å². The van der Waals surface area contributed by atoms with Gasteiger partial charge in [-0.15, -0.1) is 0 Å². The van der Waals surface area contributed by atoms with Crippen molar-refractivity contribution in [2.75, 3.05) is 32.7 Å². The average molecular weight is 350 g/mol. The van der Waals surface area contributed by atoms with Gasteiger partial charge in [-0.25, -0.2) is 8.42 Å². The smallest absolute Gasteiger partial charge is 0.243 e. The van der Waals surface area contributed by atoms with Crippen LogP contribution in [0.2, 0.25) is 0 Å². The molecule has 2 rings (SSSR count). The van der Waals surface area contributed by atoms with Crippen LogP contribution in [-0.4, -0.2) is 50.3 Å². The van der Waals surface area contributed by atoms with Gasteiger partial charge in [0.2, 0.25) is 10.0 Å². The summed E-state index contributed by atoms with van der Waals surface area (Å²) in [5.41, 5.74) is 3.72. The van der Waals surface area contributed by atoms with Crippen molar-refractivity contribution in [3.63, 3.8) is 0 Å². The van der Waals surface area contributed by atoms with Crippen molar-refractivity contribution in [1.82, 2.24) is 9.21 Å². The Balaban J connectivity index is 2.24. The molecule has 0 saturated carbocycles. The lowest BCUT2D eigenvalue weighted by atomic mass is 10.0. The lowest BCUT2D eigenvalue weighted by Gasteiger charge is -2.35. The molecule has 0 aliphatic carbocycles. The van der Waals surface area contributed by atoms with Crippen molar-refractivity contribution in [1.29, 1.82) is 5.26 Å². The third-order valence-corrected chi connectivity index (χ3v) is 7.15. The highest BCUT2D eigenvalue weighted by molar-refractivity contribution is 7.89. The van der Waals surface area contributed by atoms with Crippen LogP contribution < -0.4 is 0 Å². The summed E-state index contributed by atoms with van der Waals surface area (Å²) in [6.45, 7) is 12.6. The topological polar surface area (TPSA) is 64.4 Å². The second-order valence-electron chi connectivity index (χ2n) is 6.82. The van der Waals surface area contributed by atoms with Crippen LogP contribution in [-0.2, 0) is 10.0 Å². The normalized spacial score (nSPS) is 18.3. The molecule has 1 aromatic carbocycles. The van der Waals surface area contributed by atoms with Crippen LogP contribution in [0.3, 0.4) is 0 Å². The molecule has 0 unspecified atom stereocenters. The zero-order valence-corrected chi connectivity index (χ0v) is 16.1. The molecule has 1 heterocycles. The van der Waals surface area contributed by atoms with Crippen molar-refractivity contribution in [3.05, 3.63) is 28.3 Å². The van der Waals surface area contributed by atoms with Crippen molar-refractivity contribution < 1.29 is 8.42 Å². The molecule has 1 fully saturated rings. The fraction of sp³-hybridized carbons (Fsp3) is 0.611. The number of piperazine rings is 1. The van der Waals surface area contributed by atoms with Crippen LogP contribution in [0.1, 0.15) is 29.2 Å². The number of nitriles is 1. The van der Waals surface area contributed by atoms with Gasteiger partial charge in [0.15, 0.2) is 0 Å². The largest absolute Gasteiger partial charge is 0.299 e. The van der Waals surface area contributed by atoms with Gasteiger partial charge in [-0.2, -0.15) is 9.57 Å². The van der Waals surface area contributed by atoms with Crippen LogP contribution >= 0.6 is 0 Å². The van der Waals surface area contributed by atoms with E-state index in [2.05, 4.69) is 11.0 Å². The minimum atomic E-state index is -3.48. The molecule has 0 bridgehead atoms. The Morgan fingerprint density at radius 3 is 2.04 bits per heavy atom. The SMILES string of the molecule is Cc1cc(C)c(C)c(S(=O)(=O)N2CCN(C[C@@H](C)C#N)CC2)c1C. The Morgan fingerprint density at radius 1 is 1.08 bits per heavy atom. The minimum Gasteiger partial charge on any atom is -0.299 e. The second-order valence-corrected chi connectivity index (χ2v) is 8.70. The molecule has 1 atom stereocenters. The Kier molecular flexibility index (Phi) is 5.69. The van der Waals surface area contributed by atoms with E-state index in [0.717, 1.165) is 22.3 Å². The fourth-order valence-corrected chi connectivity index (χ4v) is 5.28. The first-order valence-electron chi connectivity index (χ1n) is 8.38. The van der Waals surface area contributed by atoms with Gasteiger partial charge < -0.3 is 0 Å². The van der Waals surface area contributed by atoms with Gasteiger partial charge in [0.25, 0.3) is 0 Å². The zero-order valence-electron chi connectivity index (χ0n) is 15.3. The van der Waals surface area contributed by atoms with Gasteiger partial charge in [0.05, 0.1) is 16.9 Å². The summed E-state index contributed by atoms with van der Waals surface area (Å²) in [5, 5.41) is 8.93. The van der Waals surface area contributed by atoms with Crippen LogP contribution in [0.5, 0.6) is 0 Å². The second kappa shape index (κ2) is 7.22. The summed E-state index contributed by atoms with van der Waals surface area (Å²) in [6, 6.07) is 4.28. The number of hydrogen-bond acceptors (Lipinski definition) is 4. The third kappa shape index (κ3) is 3.64. The molecule has 0 spiro atoms. The van der Waals surface area contributed by atoms with Gasteiger partial charge in [0.1, 0.15) is 0 Å². The Bertz CT molecular complexity index is 731. The molecule has 1 aromatic rings. The van der Waals surface area contributed by atoms with E-state index in [1.165, 1.54) is 0 Å². The predicted molar refractivity (Wildman–Crippen MR) is 95.4 cm³/mol. The van der Waals surface area contributed by atoms with E-state index in [1.54, 1.807) is 4.31 Å². The molecule has 6 heteroatoms. The van der Waals surface area contributed by atoms with Gasteiger partial charge >= 0.3 is 0 Å². The molecule has 1 aliphatic rings. The molecule has 132 valence electrons. The Labute approximate surface area is 145 Å². The maximum absolute atomic E-state index is 13.2. The van der Waals surface area contributed by atoms with E-state index >= 15 is 0 Å². The van der Waals surface area contributed by atoms with Crippen molar-refractivity contribution in [3.8, 4) is 6.07 Å². The molecule has 1 saturated heterocycles. The molecule has 0 N–H and O–H groups in total. The summed E-state index contributed by atoms with van der Waals surface area (Å²) in [7, 11) is -3.48. The van der Waals surface area contributed by atoms with Gasteiger partial charge in [-0.3, -0.25) is 4.90 Å². The lowest BCUT2D eigenvalue weighted by Crippen LogP contribution is -2.49. The van der Waals surface area contributed by atoms with Crippen LogP contribution in [0.4, 0.5) is 0 Å². The van der Waals surface area contributed by atoms with Crippen LogP contribution in [0.25, 0.3) is 0 Å². The predicted octanol–water partition coefficient (Wildman–Crippen LogP) is 2.39. The number of benzene rings is 1. The fourth-order valence-electron chi connectivity index (χ4n) is 3.28. The molecule has 0 amide bonds. The Morgan fingerprint density at radius 2 is 1.58 bits per heavy atom. The van der Waals surface area contributed by atoms with Gasteiger partial charge in [-0.1, -0.05) is 6.07 Å². The van der Waals surface area contributed by atoms with Gasteiger partial charge in [-0.05, 0) is 56.9 Å². The quantitative estimate of drug-likeness (QED) is 0.837. The first kappa shape index (κ1) is 18.9. The van der Waals surface area contributed by atoms with E-state index in [9.17, 15) is 8.42 Å². The highest BCUT2D eigenvalue weighted by Crippen LogP contribution is 2.29. The highest BCUT2D eigenvalue weighted by Gasteiger charge is 2.31. The number of sulfonamides is 1. The first-order chi connectivity index (χ1) is 11.2. The Hall–Kier alpha value is -1.42. The summed E-state index contributed by atoms with van der Waals surface area (Å²) in [5.74, 6) is -0.0305. The molecule has 0 aromatic heterocycles. The maximum atomic E-state index is 13.2. The molecule has 24 heavy (non-hydrogen) atoms. The van der Waals surface area contributed by atoms with E-state index in [4.69, 9.17) is 5.26 Å². The van der Waals surface area contributed by atoms with Crippen molar-refractivity contribution in [2.24, 2.45) is 5.92 Å². The highest BCUT2D eigenvalue weighted by atomic mass is 32.2. The van der Waals surface area contributed by atoms with E-state index in [-0.39, 0.29) is 5.92 Å².